The molecule has 0 unspecified atom stereocenters. The second-order valence-corrected chi connectivity index (χ2v) is 7.28. The van der Waals surface area contributed by atoms with E-state index in [0.29, 0.717) is 19.1 Å². The third-order valence-corrected chi connectivity index (χ3v) is 4.80. The minimum atomic E-state index is 0.452. The summed E-state index contributed by atoms with van der Waals surface area (Å²) in [4.78, 5) is 6.61. The average molecular weight is 367 g/mol. The molecule has 2 aromatic rings. The summed E-state index contributed by atoms with van der Waals surface area (Å²) < 4.78 is 5.79. The molecule has 0 aliphatic heterocycles. The Morgan fingerprint density at radius 3 is 2.81 bits per heavy atom. The monoisotopic (exact) mass is 366 g/mol. The molecule has 0 bridgehead atoms. The van der Waals surface area contributed by atoms with Crippen molar-refractivity contribution in [3.8, 4) is 5.75 Å². The highest BCUT2D eigenvalue weighted by Gasteiger charge is 2.13. The van der Waals surface area contributed by atoms with Gasteiger partial charge < -0.3 is 20.7 Å². The minimum absolute atomic E-state index is 0.452. The van der Waals surface area contributed by atoms with Crippen molar-refractivity contribution in [1.29, 1.82) is 0 Å². The van der Waals surface area contributed by atoms with Crippen LogP contribution in [0.25, 0.3) is 0 Å². The molecule has 0 fully saturated rings. The molecule has 0 radical (unpaired) electrons. The Bertz CT molecular complexity index is 786. The van der Waals surface area contributed by atoms with Gasteiger partial charge in [-0.05, 0) is 74.7 Å². The first-order chi connectivity index (χ1) is 13.1. The second kappa shape index (κ2) is 9.42. The van der Waals surface area contributed by atoms with Crippen LogP contribution in [-0.2, 0) is 19.4 Å². The van der Waals surface area contributed by atoms with Crippen LogP contribution < -0.4 is 15.8 Å². The summed E-state index contributed by atoms with van der Waals surface area (Å²) in [5, 5.41) is 3.29. The smallest absolute Gasteiger partial charge is 0.193 e. The molecule has 2 aromatic carbocycles. The van der Waals surface area contributed by atoms with E-state index in [1.165, 1.54) is 24.0 Å². The summed E-state index contributed by atoms with van der Waals surface area (Å²) >= 11 is 0. The number of ether oxygens (including phenoxy) is 1. The maximum absolute atomic E-state index is 6.14. The van der Waals surface area contributed by atoms with Crippen LogP contribution in [0.5, 0.6) is 5.75 Å². The fourth-order valence-electron chi connectivity index (χ4n) is 3.33. The third kappa shape index (κ3) is 5.73. The molecule has 0 aromatic heterocycles. The van der Waals surface area contributed by atoms with Crippen LogP contribution in [0.2, 0.25) is 0 Å². The molecule has 27 heavy (non-hydrogen) atoms. The number of nitrogens with one attached hydrogen (secondary N) is 1. The lowest BCUT2D eigenvalue weighted by atomic mass is 9.90. The lowest BCUT2D eigenvalue weighted by Crippen LogP contribution is -2.24. The summed E-state index contributed by atoms with van der Waals surface area (Å²) in [6, 6.07) is 14.4. The molecule has 1 aliphatic carbocycles. The number of guanidine groups is 1. The van der Waals surface area contributed by atoms with Crippen LogP contribution in [0.4, 0.5) is 5.69 Å². The van der Waals surface area contributed by atoms with Crippen LogP contribution in [0, 0.1) is 0 Å². The average Bonchev–Trinajstić information content (AvgIpc) is 2.67. The highest BCUT2D eigenvalue weighted by Crippen LogP contribution is 2.27. The van der Waals surface area contributed by atoms with Crippen LogP contribution >= 0.6 is 0 Å². The van der Waals surface area contributed by atoms with Crippen molar-refractivity contribution in [2.75, 3.05) is 32.6 Å². The first kappa shape index (κ1) is 19.2. The molecule has 0 saturated carbocycles. The molecule has 5 nitrogen and oxygen atoms in total. The number of rotatable bonds is 7. The third-order valence-electron chi connectivity index (χ3n) is 4.80. The van der Waals surface area contributed by atoms with E-state index in [2.05, 4.69) is 33.4 Å². The van der Waals surface area contributed by atoms with Gasteiger partial charge >= 0.3 is 0 Å². The van der Waals surface area contributed by atoms with Crippen molar-refractivity contribution < 1.29 is 4.74 Å². The number of anilines is 1. The van der Waals surface area contributed by atoms with Crippen LogP contribution in [0.1, 0.15) is 29.5 Å². The number of fused-ring (bicyclic) bond motifs is 1. The Balaban J connectivity index is 1.59. The Morgan fingerprint density at radius 2 is 1.96 bits per heavy atom. The van der Waals surface area contributed by atoms with Gasteiger partial charge in [0.15, 0.2) is 5.96 Å². The quantitative estimate of drug-likeness (QED) is 0.582. The van der Waals surface area contributed by atoms with E-state index in [1.807, 2.05) is 38.4 Å². The van der Waals surface area contributed by atoms with Gasteiger partial charge in [-0.15, -0.1) is 0 Å². The predicted octanol–water partition coefficient (Wildman–Crippen LogP) is 3.43. The molecular formula is C22H30N4O. The standard InChI is InChI=1S/C22H30N4O/c1-26(2)13-14-27-19-10-5-7-17(15-19)16-24-22(23)25-21-12-6-9-18-8-3-4-11-20(18)21/h5-7,9-10,12,15H,3-4,8,11,13-14,16H2,1-2H3,(H3,23,24,25). The number of hydrogen-bond donors (Lipinski definition) is 2. The van der Waals surface area contributed by atoms with E-state index < -0.39 is 0 Å². The Labute approximate surface area is 162 Å². The minimum Gasteiger partial charge on any atom is -0.492 e. The van der Waals surface area contributed by atoms with E-state index in [4.69, 9.17) is 10.5 Å². The van der Waals surface area contributed by atoms with Gasteiger partial charge in [0.2, 0.25) is 0 Å². The van der Waals surface area contributed by atoms with Gasteiger partial charge in [0.05, 0.1) is 6.54 Å². The Morgan fingerprint density at radius 1 is 1.15 bits per heavy atom. The highest BCUT2D eigenvalue weighted by molar-refractivity contribution is 5.93. The van der Waals surface area contributed by atoms with Crippen LogP contribution in [-0.4, -0.2) is 38.1 Å². The molecule has 0 saturated heterocycles. The Hall–Kier alpha value is -2.53. The second-order valence-electron chi connectivity index (χ2n) is 7.28. The largest absolute Gasteiger partial charge is 0.492 e. The lowest BCUT2D eigenvalue weighted by molar-refractivity contribution is 0.261. The number of nitrogens with zero attached hydrogens (tertiary/aromatic N) is 2. The SMILES string of the molecule is CN(C)CCOc1cccc(CN=C(N)Nc2cccc3c2CCCC3)c1. The molecule has 0 spiro atoms. The van der Waals surface area contributed by atoms with E-state index in [9.17, 15) is 0 Å². The Kier molecular flexibility index (Phi) is 6.71. The zero-order valence-electron chi connectivity index (χ0n) is 16.4. The number of nitrogens with two attached hydrogens (primary N) is 1. The first-order valence-electron chi connectivity index (χ1n) is 9.66. The number of aryl methyl sites for hydroxylation is 1. The summed E-state index contributed by atoms with van der Waals surface area (Å²) in [7, 11) is 4.07. The molecular weight excluding hydrogens is 336 g/mol. The van der Waals surface area contributed by atoms with Gasteiger partial charge in [0, 0.05) is 12.2 Å². The van der Waals surface area contributed by atoms with Gasteiger partial charge in [0.1, 0.15) is 12.4 Å². The molecule has 0 atom stereocenters. The summed E-state index contributed by atoms with van der Waals surface area (Å²) in [5.74, 6) is 1.32. The molecule has 0 amide bonds. The maximum atomic E-state index is 6.14. The van der Waals surface area contributed by atoms with E-state index in [-0.39, 0.29) is 0 Å². The molecule has 1 aliphatic rings. The van der Waals surface area contributed by atoms with Gasteiger partial charge in [-0.2, -0.15) is 0 Å². The van der Waals surface area contributed by atoms with E-state index >= 15 is 0 Å². The molecule has 3 rings (SSSR count). The first-order valence-corrected chi connectivity index (χ1v) is 9.66. The number of benzene rings is 2. The van der Waals surface area contributed by atoms with E-state index in [1.54, 1.807) is 0 Å². The normalized spacial score (nSPS) is 14.1. The van der Waals surface area contributed by atoms with Crippen LogP contribution in [0.15, 0.2) is 47.5 Å². The van der Waals surface area contributed by atoms with Gasteiger partial charge in [-0.25, -0.2) is 4.99 Å². The van der Waals surface area contributed by atoms with Gasteiger partial charge in [-0.3, -0.25) is 0 Å². The van der Waals surface area contributed by atoms with Crippen molar-refractivity contribution >= 4 is 11.6 Å². The zero-order chi connectivity index (χ0) is 19.1. The van der Waals surface area contributed by atoms with Crippen molar-refractivity contribution in [3.05, 3.63) is 59.2 Å². The molecule has 5 heteroatoms. The predicted molar refractivity (Wildman–Crippen MR) is 113 cm³/mol. The van der Waals surface area contributed by atoms with Crippen molar-refractivity contribution in [1.82, 2.24) is 4.90 Å². The molecule has 144 valence electrons. The summed E-state index contributed by atoms with van der Waals surface area (Å²) in [5.41, 5.74) is 11.1. The van der Waals surface area contributed by atoms with Crippen LogP contribution in [0.3, 0.4) is 0 Å². The van der Waals surface area contributed by atoms with E-state index in [0.717, 1.165) is 36.4 Å². The molecule has 0 heterocycles. The van der Waals surface area contributed by atoms with Crippen molar-refractivity contribution in [2.45, 2.75) is 32.2 Å². The highest BCUT2D eigenvalue weighted by atomic mass is 16.5. The molecule has 3 N–H and O–H groups in total. The summed E-state index contributed by atoms with van der Waals surface area (Å²) in [6.45, 7) is 2.09. The number of likely N-dealkylation sites (N-methyl/N-ethyl adjacent to an activating group) is 1. The fraction of sp³-hybridized carbons (Fsp3) is 0.409. The lowest BCUT2D eigenvalue weighted by Gasteiger charge is -2.19. The van der Waals surface area contributed by atoms with Crippen molar-refractivity contribution in [3.63, 3.8) is 0 Å². The zero-order valence-corrected chi connectivity index (χ0v) is 16.4. The van der Waals surface area contributed by atoms with Gasteiger partial charge in [0.25, 0.3) is 0 Å². The van der Waals surface area contributed by atoms with Gasteiger partial charge in [-0.1, -0.05) is 24.3 Å². The topological polar surface area (TPSA) is 62.9 Å². The van der Waals surface area contributed by atoms with Crippen molar-refractivity contribution in [2.24, 2.45) is 10.7 Å². The number of hydrogen-bond acceptors (Lipinski definition) is 3. The summed E-state index contributed by atoms with van der Waals surface area (Å²) in [6.07, 6.45) is 4.77. The number of aliphatic imine (C=N–C) groups is 1. The fourth-order valence-corrected chi connectivity index (χ4v) is 3.33. The maximum Gasteiger partial charge on any atom is 0.193 e.